The summed E-state index contributed by atoms with van der Waals surface area (Å²) in [5.74, 6) is 0.782. The number of nitrogens with one attached hydrogen (secondary N) is 2. The van der Waals surface area contributed by atoms with Gasteiger partial charge in [0.1, 0.15) is 18.4 Å². The fourth-order valence-corrected chi connectivity index (χ4v) is 2.93. The van der Waals surface area contributed by atoms with Crippen molar-refractivity contribution in [2.45, 2.75) is 59.9 Å². The van der Waals surface area contributed by atoms with E-state index in [1.807, 2.05) is 64.1 Å². The van der Waals surface area contributed by atoms with E-state index in [2.05, 4.69) is 10.6 Å². The summed E-state index contributed by atoms with van der Waals surface area (Å²) in [5, 5.41) is 5.79. The minimum Gasteiger partial charge on any atom is -0.467 e. The Kier molecular flexibility index (Phi) is 8.93. The maximum absolute atomic E-state index is 12.6. The van der Waals surface area contributed by atoms with Crippen molar-refractivity contribution in [3.63, 3.8) is 0 Å². The zero-order chi connectivity index (χ0) is 21.2. The fourth-order valence-electron chi connectivity index (χ4n) is 2.93. The number of ether oxygens (including phenoxy) is 1. The number of hydrogen-bond donors (Lipinski definition) is 2. The quantitative estimate of drug-likeness (QED) is 0.601. The molecule has 2 amide bonds. The fraction of sp³-hybridized carbons (Fsp3) is 0.478. The number of rotatable bonds is 11. The van der Waals surface area contributed by atoms with Gasteiger partial charge in [0.25, 0.3) is 0 Å². The summed E-state index contributed by atoms with van der Waals surface area (Å²) < 4.78 is 10.9. The second kappa shape index (κ2) is 11.4. The van der Waals surface area contributed by atoms with Crippen LogP contribution in [0.25, 0.3) is 0 Å². The van der Waals surface area contributed by atoms with E-state index < -0.39 is 6.04 Å². The summed E-state index contributed by atoms with van der Waals surface area (Å²) in [5.41, 5.74) is 2.00. The molecule has 6 nitrogen and oxygen atoms in total. The van der Waals surface area contributed by atoms with Crippen LogP contribution in [-0.2, 0) is 34.1 Å². The predicted molar refractivity (Wildman–Crippen MR) is 112 cm³/mol. The molecule has 0 saturated carbocycles. The van der Waals surface area contributed by atoms with Crippen LogP contribution in [0.3, 0.4) is 0 Å². The van der Waals surface area contributed by atoms with Crippen LogP contribution in [0.5, 0.6) is 0 Å². The Morgan fingerprint density at radius 1 is 1.03 bits per heavy atom. The zero-order valence-electron chi connectivity index (χ0n) is 17.7. The van der Waals surface area contributed by atoms with Crippen molar-refractivity contribution in [1.29, 1.82) is 0 Å². The van der Waals surface area contributed by atoms with Crippen LogP contribution in [0.15, 0.2) is 47.1 Å². The highest BCUT2D eigenvalue weighted by molar-refractivity contribution is 5.87. The molecule has 0 saturated heterocycles. The Hall–Kier alpha value is -2.60. The van der Waals surface area contributed by atoms with Gasteiger partial charge in [-0.2, -0.15) is 0 Å². The van der Waals surface area contributed by atoms with Gasteiger partial charge in [0.15, 0.2) is 0 Å². The van der Waals surface area contributed by atoms with Gasteiger partial charge in [-0.1, -0.05) is 52.0 Å². The molecule has 29 heavy (non-hydrogen) atoms. The Labute approximate surface area is 173 Å². The van der Waals surface area contributed by atoms with Gasteiger partial charge in [-0.25, -0.2) is 0 Å². The van der Waals surface area contributed by atoms with Gasteiger partial charge < -0.3 is 19.8 Å². The summed E-state index contributed by atoms with van der Waals surface area (Å²) in [4.78, 5) is 24.7. The van der Waals surface area contributed by atoms with Crippen LogP contribution in [-0.4, -0.2) is 17.9 Å². The average molecular weight is 401 g/mol. The summed E-state index contributed by atoms with van der Waals surface area (Å²) in [6.45, 7) is 9.09. The number of carbonyl (C=O) groups is 2. The number of benzene rings is 1. The lowest BCUT2D eigenvalue weighted by molar-refractivity contribution is -0.130. The van der Waals surface area contributed by atoms with E-state index >= 15 is 0 Å². The lowest BCUT2D eigenvalue weighted by Gasteiger charge is -2.22. The second-order valence-electron chi connectivity index (χ2n) is 8.00. The van der Waals surface area contributed by atoms with Crippen molar-refractivity contribution < 1.29 is 18.7 Å². The molecule has 0 fully saturated rings. The Bertz CT molecular complexity index is 769. The second-order valence-corrected chi connectivity index (χ2v) is 8.00. The van der Waals surface area contributed by atoms with Gasteiger partial charge in [0.2, 0.25) is 11.8 Å². The molecule has 1 aromatic carbocycles. The first-order chi connectivity index (χ1) is 13.8. The average Bonchev–Trinajstić information content (AvgIpc) is 3.17. The molecule has 158 valence electrons. The molecule has 1 heterocycles. The van der Waals surface area contributed by atoms with E-state index in [9.17, 15) is 9.59 Å². The van der Waals surface area contributed by atoms with E-state index in [0.717, 1.165) is 16.9 Å². The zero-order valence-corrected chi connectivity index (χ0v) is 17.7. The van der Waals surface area contributed by atoms with Crippen molar-refractivity contribution in [2.75, 3.05) is 0 Å². The SMILES string of the molecule is CC(C)CC(=O)NC(C(=O)NCc1cccc(COCc2ccco2)c1)C(C)C. The van der Waals surface area contributed by atoms with Crippen molar-refractivity contribution in [3.8, 4) is 0 Å². The standard InChI is InChI=1S/C23H32N2O4/c1-16(2)11-21(26)25-22(17(3)4)23(27)24-13-18-7-5-8-19(12-18)14-28-15-20-9-6-10-29-20/h5-10,12,16-17,22H,11,13-15H2,1-4H3,(H,24,27)(H,25,26). The first-order valence-electron chi connectivity index (χ1n) is 10.1. The topological polar surface area (TPSA) is 80.6 Å². The number of carbonyl (C=O) groups excluding carboxylic acids is 2. The molecular formula is C23H32N2O4. The maximum Gasteiger partial charge on any atom is 0.243 e. The number of furan rings is 1. The van der Waals surface area contributed by atoms with Gasteiger partial charge in [0, 0.05) is 13.0 Å². The minimum atomic E-state index is -0.541. The van der Waals surface area contributed by atoms with Crippen molar-refractivity contribution in [1.82, 2.24) is 10.6 Å². The van der Waals surface area contributed by atoms with Crippen molar-refractivity contribution in [3.05, 3.63) is 59.5 Å². The number of amides is 2. The molecule has 0 aliphatic heterocycles. The lowest BCUT2D eigenvalue weighted by atomic mass is 10.0. The molecule has 1 atom stereocenters. The van der Waals surface area contributed by atoms with Crippen LogP contribution >= 0.6 is 0 Å². The van der Waals surface area contributed by atoms with Crippen LogP contribution in [0.2, 0.25) is 0 Å². The van der Waals surface area contributed by atoms with Gasteiger partial charge in [-0.3, -0.25) is 9.59 Å². The first-order valence-corrected chi connectivity index (χ1v) is 10.1. The maximum atomic E-state index is 12.6. The smallest absolute Gasteiger partial charge is 0.243 e. The summed E-state index contributed by atoms with van der Waals surface area (Å²) in [6.07, 6.45) is 2.04. The predicted octanol–water partition coefficient (Wildman–Crippen LogP) is 3.80. The molecule has 2 N–H and O–H groups in total. The third-order valence-electron chi connectivity index (χ3n) is 4.41. The van der Waals surface area contributed by atoms with E-state index in [1.165, 1.54) is 0 Å². The molecule has 0 spiro atoms. The Balaban J connectivity index is 1.85. The van der Waals surface area contributed by atoms with Gasteiger partial charge in [0.05, 0.1) is 12.9 Å². The van der Waals surface area contributed by atoms with E-state index in [4.69, 9.17) is 9.15 Å². The van der Waals surface area contributed by atoms with Crippen LogP contribution < -0.4 is 10.6 Å². The number of hydrogen-bond acceptors (Lipinski definition) is 4. The molecule has 1 aromatic heterocycles. The normalized spacial score (nSPS) is 12.2. The Morgan fingerprint density at radius 2 is 1.79 bits per heavy atom. The van der Waals surface area contributed by atoms with E-state index in [1.54, 1.807) is 6.26 Å². The van der Waals surface area contributed by atoms with Gasteiger partial charge in [-0.05, 0) is 35.1 Å². The minimum absolute atomic E-state index is 0.00690. The van der Waals surface area contributed by atoms with Crippen LogP contribution in [0.1, 0.15) is 51.0 Å². The highest BCUT2D eigenvalue weighted by Gasteiger charge is 2.24. The van der Waals surface area contributed by atoms with Crippen molar-refractivity contribution >= 4 is 11.8 Å². The van der Waals surface area contributed by atoms with Gasteiger partial charge >= 0.3 is 0 Å². The molecule has 0 aliphatic rings. The molecule has 2 rings (SSSR count). The molecule has 0 radical (unpaired) electrons. The van der Waals surface area contributed by atoms with E-state index in [-0.39, 0.29) is 23.7 Å². The highest BCUT2D eigenvalue weighted by atomic mass is 16.5. The summed E-state index contributed by atoms with van der Waals surface area (Å²) in [6, 6.07) is 11.0. The summed E-state index contributed by atoms with van der Waals surface area (Å²) >= 11 is 0. The largest absolute Gasteiger partial charge is 0.467 e. The van der Waals surface area contributed by atoms with Crippen LogP contribution in [0.4, 0.5) is 0 Å². The molecular weight excluding hydrogens is 368 g/mol. The molecule has 6 heteroatoms. The third-order valence-corrected chi connectivity index (χ3v) is 4.41. The van der Waals surface area contributed by atoms with Crippen LogP contribution in [0, 0.1) is 11.8 Å². The monoisotopic (exact) mass is 400 g/mol. The van der Waals surface area contributed by atoms with E-state index in [0.29, 0.717) is 26.2 Å². The molecule has 2 aromatic rings. The lowest BCUT2D eigenvalue weighted by Crippen LogP contribution is -2.49. The third kappa shape index (κ3) is 8.11. The Morgan fingerprint density at radius 3 is 2.45 bits per heavy atom. The highest BCUT2D eigenvalue weighted by Crippen LogP contribution is 2.10. The summed E-state index contributed by atoms with van der Waals surface area (Å²) in [7, 11) is 0. The molecule has 1 unspecified atom stereocenters. The van der Waals surface area contributed by atoms with Crippen molar-refractivity contribution in [2.24, 2.45) is 11.8 Å². The van der Waals surface area contributed by atoms with Gasteiger partial charge in [-0.15, -0.1) is 0 Å². The molecule has 0 aliphatic carbocycles. The first kappa shape index (κ1) is 22.7. The molecule has 0 bridgehead atoms.